The van der Waals surface area contributed by atoms with Crippen LogP contribution in [0.5, 0.6) is 5.75 Å². The summed E-state index contributed by atoms with van der Waals surface area (Å²) in [7, 11) is 1.60. The number of rotatable bonds is 13. The van der Waals surface area contributed by atoms with Crippen LogP contribution in [0.4, 0.5) is 0 Å². The van der Waals surface area contributed by atoms with Crippen LogP contribution in [0.25, 0.3) is 27.4 Å². The number of carbonyl (C=O) groups excluding carboxylic acids is 3. The molecule has 7 rings (SSSR count). The molecule has 1 aliphatic rings. The molecule has 0 bridgehead atoms. The number of para-hydroxylation sites is 2. The van der Waals surface area contributed by atoms with E-state index in [4.69, 9.17) is 4.74 Å². The Morgan fingerprint density at radius 1 is 0.808 bits per heavy atom. The van der Waals surface area contributed by atoms with Crippen LogP contribution in [0.1, 0.15) is 39.0 Å². The highest BCUT2D eigenvalue weighted by atomic mass is 16.5. The Hall–Kier alpha value is -6.13. The molecule has 6 aromatic rings. The van der Waals surface area contributed by atoms with Gasteiger partial charge in [0.1, 0.15) is 11.8 Å². The van der Waals surface area contributed by atoms with E-state index in [1.165, 1.54) is 0 Å². The van der Waals surface area contributed by atoms with Gasteiger partial charge in [-0.2, -0.15) is 0 Å². The fraction of sp³-hybridized carbons (Fsp3) is 0.214. The molecule has 4 aromatic carbocycles. The minimum atomic E-state index is -0.775. The summed E-state index contributed by atoms with van der Waals surface area (Å²) in [6.45, 7) is 2.16. The number of benzene rings is 4. The van der Waals surface area contributed by atoms with Crippen molar-refractivity contribution in [3.63, 3.8) is 0 Å². The molecule has 3 heterocycles. The van der Waals surface area contributed by atoms with E-state index >= 15 is 0 Å². The monoisotopic (exact) mass is 694 g/mol. The first kappa shape index (κ1) is 34.3. The molecular weight excluding hydrogens is 652 g/mol. The summed E-state index contributed by atoms with van der Waals surface area (Å²) in [5.74, 6) is 0.0873. The standard InChI is InChI=1S/C42H42N6O4/c1-52-39-14-8-5-11-31(39)24-46-42(51)38(22-32-25-43-36-13-7-6-12-33(32)36)47-40(49)27-48-19-17-29(18-20-48)35-26-44-37-16-15-30(21-34(35)37)41(50)45-23-28-9-3-2-4-10-28/h2-17,21,25-26,38,43-44H,18-20,22-24,27H2,1H3,(H,45,50)(H,46,51)(H,47,49)/t38-/m1/s1. The smallest absolute Gasteiger partial charge is 0.251 e. The van der Waals surface area contributed by atoms with Gasteiger partial charge >= 0.3 is 0 Å². The number of aromatic nitrogens is 2. The van der Waals surface area contributed by atoms with Crippen molar-refractivity contribution in [1.82, 2.24) is 30.8 Å². The molecule has 1 aliphatic heterocycles. The summed E-state index contributed by atoms with van der Waals surface area (Å²) in [4.78, 5) is 48.8. The Kier molecular flexibility index (Phi) is 10.4. The molecule has 52 heavy (non-hydrogen) atoms. The van der Waals surface area contributed by atoms with Crippen LogP contribution in [0, 0.1) is 0 Å². The zero-order valence-corrected chi connectivity index (χ0v) is 29.1. The number of nitrogens with zero attached hydrogens (tertiary/aromatic N) is 1. The van der Waals surface area contributed by atoms with Crippen molar-refractivity contribution in [2.75, 3.05) is 26.7 Å². The summed E-state index contributed by atoms with van der Waals surface area (Å²) in [6, 6.07) is 30.3. The van der Waals surface area contributed by atoms with E-state index in [0.29, 0.717) is 37.4 Å². The minimum Gasteiger partial charge on any atom is -0.496 e. The van der Waals surface area contributed by atoms with Gasteiger partial charge in [0.25, 0.3) is 5.91 Å². The zero-order chi connectivity index (χ0) is 35.9. The van der Waals surface area contributed by atoms with E-state index in [1.54, 1.807) is 7.11 Å². The number of methoxy groups -OCH3 is 1. The maximum absolute atomic E-state index is 13.6. The van der Waals surface area contributed by atoms with Crippen molar-refractivity contribution in [1.29, 1.82) is 0 Å². The van der Waals surface area contributed by atoms with Crippen LogP contribution < -0.4 is 20.7 Å². The number of ether oxygens (including phenoxy) is 1. The summed E-state index contributed by atoms with van der Waals surface area (Å²) >= 11 is 0. The van der Waals surface area contributed by atoms with Gasteiger partial charge in [-0.15, -0.1) is 0 Å². The molecule has 0 fully saturated rings. The number of aromatic amines is 2. The average Bonchev–Trinajstić information content (AvgIpc) is 3.80. The molecule has 3 amide bonds. The van der Waals surface area contributed by atoms with Gasteiger partial charge in [-0.05, 0) is 53.5 Å². The predicted octanol–water partition coefficient (Wildman–Crippen LogP) is 5.72. The van der Waals surface area contributed by atoms with E-state index in [-0.39, 0.29) is 30.8 Å². The lowest BCUT2D eigenvalue weighted by atomic mass is 9.98. The van der Waals surface area contributed by atoms with E-state index in [0.717, 1.165) is 56.1 Å². The molecule has 5 N–H and O–H groups in total. The summed E-state index contributed by atoms with van der Waals surface area (Å²) in [6.07, 6.45) is 7.11. The van der Waals surface area contributed by atoms with Gasteiger partial charge in [-0.25, -0.2) is 0 Å². The molecule has 0 radical (unpaired) electrons. The van der Waals surface area contributed by atoms with Crippen molar-refractivity contribution < 1.29 is 19.1 Å². The molecule has 0 spiro atoms. The molecule has 0 saturated carbocycles. The lowest BCUT2D eigenvalue weighted by Crippen LogP contribution is -2.50. The first-order valence-electron chi connectivity index (χ1n) is 17.5. The van der Waals surface area contributed by atoms with Crippen LogP contribution in [0.2, 0.25) is 0 Å². The lowest BCUT2D eigenvalue weighted by molar-refractivity contribution is -0.129. The third-order valence-electron chi connectivity index (χ3n) is 9.64. The Morgan fingerprint density at radius 2 is 1.58 bits per heavy atom. The molecule has 2 aromatic heterocycles. The van der Waals surface area contributed by atoms with E-state index in [1.807, 2.05) is 109 Å². The normalized spacial score (nSPS) is 13.8. The van der Waals surface area contributed by atoms with Crippen LogP contribution in [-0.2, 0) is 29.1 Å². The molecule has 0 aliphatic carbocycles. The number of amides is 3. The molecular formula is C42H42N6O4. The fourth-order valence-corrected chi connectivity index (χ4v) is 6.83. The third kappa shape index (κ3) is 7.92. The van der Waals surface area contributed by atoms with Crippen molar-refractivity contribution in [2.24, 2.45) is 0 Å². The number of carbonyl (C=O) groups is 3. The first-order chi connectivity index (χ1) is 25.4. The maximum Gasteiger partial charge on any atom is 0.251 e. The molecule has 10 nitrogen and oxygen atoms in total. The number of H-pyrrole nitrogens is 2. The Bertz CT molecular complexity index is 2240. The summed E-state index contributed by atoms with van der Waals surface area (Å²) < 4.78 is 5.46. The number of fused-ring (bicyclic) bond motifs is 2. The third-order valence-corrected chi connectivity index (χ3v) is 9.64. The quantitative estimate of drug-likeness (QED) is 0.106. The molecule has 10 heteroatoms. The van der Waals surface area contributed by atoms with Crippen LogP contribution >= 0.6 is 0 Å². The largest absolute Gasteiger partial charge is 0.496 e. The van der Waals surface area contributed by atoms with Crippen molar-refractivity contribution in [3.8, 4) is 5.75 Å². The van der Waals surface area contributed by atoms with Gasteiger partial charge in [0.15, 0.2) is 0 Å². The highest BCUT2D eigenvalue weighted by Crippen LogP contribution is 2.30. The SMILES string of the molecule is COc1ccccc1CNC(=O)[C@@H](Cc1c[nH]c2ccccc12)NC(=O)CN1CC=C(c2c[nH]c3ccc(C(=O)NCc4ccccc4)cc23)CC1. The molecule has 0 unspecified atom stereocenters. The Balaban J connectivity index is 0.999. The van der Waals surface area contributed by atoms with Crippen LogP contribution in [0.3, 0.4) is 0 Å². The van der Waals surface area contributed by atoms with Gasteiger partial charge in [0.05, 0.1) is 13.7 Å². The van der Waals surface area contributed by atoms with E-state index in [2.05, 4.69) is 36.9 Å². The number of hydrogen-bond donors (Lipinski definition) is 5. The van der Waals surface area contributed by atoms with Crippen molar-refractivity contribution >= 4 is 45.1 Å². The lowest BCUT2D eigenvalue weighted by Gasteiger charge is -2.27. The molecule has 1 atom stereocenters. The average molecular weight is 695 g/mol. The highest BCUT2D eigenvalue weighted by Gasteiger charge is 2.25. The van der Waals surface area contributed by atoms with E-state index in [9.17, 15) is 14.4 Å². The predicted molar refractivity (Wildman–Crippen MR) is 204 cm³/mol. The second kappa shape index (κ2) is 15.8. The van der Waals surface area contributed by atoms with Crippen LogP contribution in [-0.4, -0.2) is 65.4 Å². The second-order valence-corrected chi connectivity index (χ2v) is 13.1. The summed E-state index contributed by atoms with van der Waals surface area (Å²) in [5.41, 5.74) is 7.61. The minimum absolute atomic E-state index is 0.121. The van der Waals surface area contributed by atoms with Crippen molar-refractivity contribution in [2.45, 2.75) is 32.0 Å². The maximum atomic E-state index is 13.6. The Morgan fingerprint density at radius 3 is 2.40 bits per heavy atom. The highest BCUT2D eigenvalue weighted by molar-refractivity contribution is 6.01. The number of hydrogen-bond acceptors (Lipinski definition) is 5. The van der Waals surface area contributed by atoms with E-state index < -0.39 is 6.04 Å². The topological polar surface area (TPSA) is 131 Å². The van der Waals surface area contributed by atoms with Gasteiger partial charge in [-0.3, -0.25) is 19.3 Å². The fourth-order valence-electron chi connectivity index (χ4n) is 6.83. The molecule has 264 valence electrons. The van der Waals surface area contributed by atoms with Gasteiger partial charge in [0.2, 0.25) is 11.8 Å². The van der Waals surface area contributed by atoms with Crippen LogP contribution in [0.15, 0.2) is 116 Å². The second-order valence-electron chi connectivity index (χ2n) is 13.1. The molecule has 0 saturated heterocycles. The summed E-state index contributed by atoms with van der Waals surface area (Å²) in [5, 5.41) is 11.1. The first-order valence-corrected chi connectivity index (χ1v) is 17.5. The van der Waals surface area contributed by atoms with Gasteiger partial charge < -0.3 is 30.7 Å². The zero-order valence-electron chi connectivity index (χ0n) is 29.1. The van der Waals surface area contributed by atoms with Gasteiger partial charge in [0, 0.05) is 83.5 Å². The Labute approximate surface area is 302 Å². The van der Waals surface area contributed by atoms with Gasteiger partial charge in [-0.1, -0.05) is 72.8 Å². The number of nitrogens with one attached hydrogen (secondary N) is 5. The van der Waals surface area contributed by atoms with Crippen molar-refractivity contribution in [3.05, 3.63) is 143 Å².